The number of carbonyl (C=O) groups excluding carboxylic acids is 1. The highest BCUT2D eigenvalue weighted by Crippen LogP contribution is 2.34. The lowest BCUT2D eigenvalue weighted by molar-refractivity contribution is -0.138. The third-order valence-corrected chi connectivity index (χ3v) is 5.56. The fourth-order valence-corrected chi connectivity index (χ4v) is 3.98. The number of likely N-dealkylation sites (N-methyl/N-ethyl adjacent to an activating group) is 1. The minimum Gasteiger partial charge on any atom is -0.493 e. The summed E-state index contributed by atoms with van der Waals surface area (Å²) in [7, 11) is 3.29. The summed E-state index contributed by atoms with van der Waals surface area (Å²) in [5.41, 5.74) is 3.40. The fraction of sp³-hybridized carbons (Fsp3) is 0.435. The van der Waals surface area contributed by atoms with Crippen LogP contribution in [0.2, 0.25) is 0 Å². The van der Waals surface area contributed by atoms with Gasteiger partial charge in [-0.05, 0) is 48.3 Å². The highest BCUT2D eigenvalue weighted by molar-refractivity contribution is 5.83. The monoisotopic (exact) mass is 382 g/mol. The molecule has 0 saturated heterocycles. The van der Waals surface area contributed by atoms with Gasteiger partial charge in [0.1, 0.15) is 6.04 Å². The van der Waals surface area contributed by atoms with Crippen molar-refractivity contribution in [2.24, 2.45) is 0 Å². The molecule has 0 bridgehead atoms. The smallest absolute Gasteiger partial charge is 0.244 e. The summed E-state index contributed by atoms with van der Waals surface area (Å²) in [6.45, 7) is 7.18. The van der Waals surface area contributed by atoms with Gasteiger partial charge in [0.25, 0.3) is 0 Å². The molecule has 1 heterocycles. The van der Waals surface area contributed by atoms with Crippen LogP contribution in [-0.4, -0.2) is 49.6 Å². The van der Waals surface area contributed by atoms with Crippen LogP contribution in [0.25, 0.3) is 0 Å². The standard InChI is InChI=1S/C23H30N2O3/c1-5-24(6-2)22(17-10-8-7-9-11-17)23(26)25-13-12-18-14-20(27-3)21(28-4)15-19(18)16-25/h7-11,14-15,22H,5-6,12-13,16H2,1-4H3. The van der Waals surface area contributed by atoms with Gasteiger partial charge in [-0.15, -0.1) is 0 Å². The predicted molar refractivity (Wildman–Crippen MR) is 111 cm³/mol. The largest absolute Gasteiger partial charge is 0.493 e. The van der Waals surface area contributed by atoms with Crippen LogP contribution in [0.15, 0.2) is 42.5 Å². The summed E-state index contributed by atoms with van der Waals surface area (Å²) in [4.78, 5) is 17.8. The number of ether oxygens (including phenoxy) is 2. The number of amides is 1. The zero-order chi connectivity index (χ0) is 20.1. The number of benzene rings is 2. The van der Waals surface area contributed by atoms with E-state index in [4.69, 9.17) is 9.47 Å². The highest BCUT2D eigenvalue weighted by Gasteiger charge is 2.32. The Morgan fingerprint density at radius 2 is 1.64 bits per heavy atom. The first-order valence-corrected chi connectivity index (χ1v) is 9.94. The lowest BCUT2D eigenvalue weighted by Crippen LogP contribution is -2.45. The SMILES string of the molecule is CCN(CC)C(C(=O)N1CCc2cc(OC)c(OC)cc2C1)c1ccccc1. The third kappa shape index (κ3) is 3.99. The van der Waals surface area contributed by atoms with Crippen molar-refractivity contribution in [3.8, 4) is 11.5 Å². The van der Waals surface area contributed by atoms with Crippen LogP contribution in [0.1, 0.15) is 36.6 Å². The van der Waals surface area contributed by atoms with Crippen LogP contribution < -0.4 is 9.47 Å². The average Bonchev–Trinajstić information content (AvgIpc) is 2.76. The van der Waals surface area contributed by atoms with E-state index in [1.54, 1.807) is 14.2 Å². The Kier molecular flexibility index (Phi) is 6.57. The summed E-state index contributed by atoms with van der Waals surface area (Å²) >= 11 is 0. The second-order valence-corrected chi connectivity index (χ2v) is 7.02. The van der Waals surface area contributed by atoms with E-state index < -0.39 is 0 Å². The van der Waals surface area contributed by atoms with Gasteiger partial charge in [-0.2, -0.15) is 0 Å². The Morgan fingerprint density at radius 3 is 2.21 bits per heavy atom. The van der Waals surface area contributed by atoms with Gasteiger partial charge in [0, 0.05) is 13.1 Å². The molecule has 1 atom stereocenters. The van der Waals surface area contributed by atoms with Crippen molar-refractivity contribution in [1.29, 1.82) is 0 Å². The van der Waals surface area contributed by atoms with Crippen LogP contribution in [0.5, 0.6) is 11.5 Å². The van der Waals surface area contributed by atoms with Gasteiger partial charge in [-0.3, -0.25) is 9.69 Å². The summed E-state index contributed by atoms with van der Waals surface area (Å²) in [5, 5.41) is 0. The maximum absolute atomic E-state index is 13.6. The number of hydrogen-bond acceptors (Lipinski definition) is 4. The molecule has 2 aromatic carbocycles. The summed E-state index contributed by atoms with van der Waals surface area (Å²) in [6.07, 6.45) is 0.821. The molecular formula is C23H30N2O3. The molecule has 28 heavy (non-hydrogen) atoms. The minimum absolute atomic E-state index is 0.162. The molecule has 0 fully saturated rings. The molecule has 0 N–H and O–H groups in total. The van der Waals surface area contributed by atoms with Gasteiger partial charge in [-0.1, -0.05) is 44.2 Å². The molecule has 2 aromatic rings. The van der Waals surface area contributed by atoms with E-state index in [0.29, 0.717) is 18.8 Å². The van der Waals surface area contributed by atoms with E-state index in [0.717, 1.165) is 36.4 Å². The molecule has 0 radical (unpaired) electrons. The van der Waals surface area contributed by atoms with Crippen molar-refractivity contribution >= 4 is 5.91 Å². The number of fused-ring (bicyclic) bond motifs is 1. The van der Waals surface area contributed by atoms with Gasteiger partial charge in [0.05, 0.1) is 14.2 Å². The quantitative estimate of drug-likeness (QED) is 0.733. The van der Waals surface area contributed by atoms with E-state index in [9.17, 15) is 4.79 Å². The molecule has 0 aliphatic carbocycles. The zero-order valence-corrected chi connectivity index (χ0v) is 17.3. The Labute approximate surface area is 167 Å². The van der Waals surface area contributed by atoms with E-state index in [2.05, 4.69) is 18.7 Å². The maximum Gasteiger partial charge on any atom is 0.244 e. The fourth-order valence-electron chi connectivity index (χ4n) is 3.98. The van der Waals surface area contributed by atoms with Crippen LogP contribution >= 0.6 is 0 Å². The minimum atomic E-state index is -0.252. The molecule has 3 rings (SSSR count). The first-order chi connectivity index (χ1) is 13.6. The maximum atomic E-state index is 13.6. The van der Waals surface area contributed by atoms with Crippen LogP contribution in [0.4, 0.5) is 0 Å². The average molecular weight is 383 g/mol. The third-order valence-electron chi connectivity index (χ3n) is 5.56. The Hall–Kier alpha value is -2.53. The Balaban J connectivity index is 1.89. The van der Waals surface area contributed by atoms with Crippen molar-refractivity contribution in [3.63, 3.8) is 0 Å². The van der Waals surface area contributed by atoms with E-state index >= 15 is 0 Å². The van der Waals surface area contributed by atoms with Gasteiger partial charge in [-0.25, -0.2) is 0 Å². The second-order valence-electron chi connectivity index (χ2n) is 7.02. The van der Waals surface area contributed by atoms with Crippen molar-refractivity contribution in [1.82, 2.24) is 9.80 Å². The number of hydrogen-bond donors (Lipinski definition) is 0. The van der Waals surface area contributed by atoms with Crippen LogP contribution in [0.3, 0.4) is 0 Å². The van der Waals surface area contributed by atoms with Crippen molar-refractivity contribution in [2.45, 2.75) is 32.9 Å². The number of rotatable bonds is 7. The van der Waals surface area contributed by atoms with Crippen LogP contribution in [0, 0.1) is 0 Å². The molecule has 1 amide bonds. The van der Waals surface area contributed by atoms with E-state index in [1.165, 1.54) is 5.56 Å². The first kappa shape index (κ1) is 20.2. The number of carbonyl (C=O) groups is 1. The van der Waals surface area contributed by atoms with Crippen molar-refractivity contribution in [3.05, 3.63) is 59.2 Å². The molecule has 1 aliphatic heterocycles. The molecule has 0 saturated carbocycles. The number of nitrogens with zero attached hydrogens (tertiary/aromatic N) is 2. The van der Waals surface area contributed by atoms with Gasteiger partial charge < -0.3 is 14.4 Å². The number of methoxy groups -OCH3 is 2. The molecule has 5 nitrogen and oxygen atoms in total. The topological polar surface area (TPSA) is 42.0 Å². The normalized spacial score (nSPS) is 14.5. The lowest BCUT2D eigenvalue weighted by atomic mass is 9.96. The van der Waals surface area contributed by atoms with E-state index in [-0.39, 0.29) is 11.9 Å². The molecular weight excluding hydrogens is 352 g/mol. The van der Waals surface area contributed by atoms with Crippen LogP contribution in [-0.2, 0) is 17.8 Å². The predicted octanol–water partition coefficient (Wildman–Crippen LogP) is 3.67. The van der Waals surface area contributed by atoms with Gasteiger partial charge in [0.2, 0.25) is 5.91 Å². The molecule has 0 aromatic heterocycles. The molecule has 1 aliphatic rings. The zero-order valence-electron chi connectivity index (χ0n) is 17.3. The summed E-state index contributed by atoms with van der Waals surface area (Å²) < 4.78 is 10.9. The van der Waals surface area contributed by atoms with Crippen molar-refractivity contribution < 1.29 is 14.3 Å². The Bertz CT molecular complexity index is 803. The lowest BCUT2D eigenvalue weighted by Gasteiger charge is -2.36. The van der Waals surface area contributed by atoms with E-state index in [1.807, 2.05) is 47.4 Å². The molecule has 150 valence electrons. The summed E-state index contributed by atoms with van der Waals surface area (Å²) in [6, 6.07) is 13.9. The molecule has 1 unspecified atom stereocenters. The van der Waals surface area contributed by atoms with Crippen molar-refractivity contribution in [2.75, 3.05) is 33.9 Å². The first-order valence-electron chi connectivity index (χ1n) is 9.94. The van der Waals surface area contributed by atoms with Gasteiger partial charge in [0.15, 0.2) is 11.5 Å². The molecule has 0 spiro atoms. The van der Waals surface area contributed by atoms with Gasteiger partial charge >= 0.3 is 0 Å². The molecule has 5 heteroatoms. The second kappa shape index (κ2) is 9.11. The highest BCUT2D eigenvalue weighted by atomic mass is 16.5. The Morgan fingerprint density at radius 1 is 1.04 bits per heavy atom. The summed E-state index contributed by atoms with van der Waals surface area (Å²) in [5.74, 6) is 1.61.